The lowest BCUT2D eigenvalue weighted by Gasteiger charge is -2.15. The van der Waals surface area contributed by atoms with E-state index in [2.05, 4.69) is 51.9 Å². The maximum absolute atomic E-state index is 3.36. The molecule has 0 aliphatic heterocycles. The monoisotopic (exact) mass is 200 g/mol. The number of rotatable bonds is 1. The van der Waals surface area contributed by atoms with E-state index < -0.39 is 8.07 Å². The van der Waals surface area contributed by atoms with Gasteiger partial charge in [-0.3, -0.25) is 0 Å². The van der Waals surface area contributed by atoms with Crippen molar-refractivity contribution in [1.29, 1.82) is 0 Å². The zero-order valence-corrected chi connectivity index (χ0v) is 10.9. The molecule has 70 valence electrons. The van der Waals surface area contributed by atoms with E-state index in [4.69, 9.17) is 0 Å². The molecule has 0 spiro atoms. The van der Waals surface area contributed by atoms with Crippen molar-refractivity contribution >= 4 is 19.8 Å². The molecule has 0 aromatic rings. The minimum absolute atomic E-state index is 0.355. The zero-order chi connectivity index (χ0) is 9.83. The van der Waals surface area contributed by atoms with Crippen LogP contribution in [0.2, 0.25) is 19.6 Å². The maximum Gasteiger partial charge on any atom is 0.129 e. The van der Waals surface area contributed by atoms with Crippen molar-refractivity contribution in [1.82, 2.24) is 0 Å². The second-order valence-corrected chi connectivity index (χ2v) is 11.5. The normalized spacial score (nSPS) is 12.2. The molecule has 12 heavy (non-hydrogen) atoms. The Hall–Kier alpha value is 0.127. The number of hydrogen-bond acceptors (Lipinski definition) is 1. The molecule has 0 radical (unpaired) electrons. The van der Waals surface area contributed by atoms with Crippen LogP contribution in [0.4, 0.5) is 0 Å². The Labute approximate surface area is 82.5 Å². The highest BCUT2D eigenvalue weighted by atomic mass is 32.2. The predicted molar refractivity (Wildman–Crippen MR) is 63.3 cm³/mol. The van der Waals surface area contributed by atoms with Crippen LogP contribution >= 0.6 is 11.8 Å². The van der Waals surface area contributed by atoms with E-state index in [1.165, 1.54) is 0 Å². The smallest absolute Gasteiger partial charge is 0.129 e. The Morgan fingerprint density at radius 3 is 2.00 bits per heavy atom. The first-order valence-electron chi connectivity index (χ1n) is 4.35. The molecule has 0 aromatic carbocycles. The molecule has 0 rings (SSSR count). The molecule has 0 amide bonds. The molecule has 0 atom stereocenters. The molecule has 0 aliphatic carbocycles. The van der Waals surface area contributed by atoms with Gasteiger partial charge in [-0.25, -0.2) is 0 Å². The average molecular weight is 200 g/mol. The lowest BCUT2D eigenvalue weighted by atomic mass is 10.3. The van der Waals surface area contributed by atoms with Gasteiger partial charge >= 0.3 is 0 Å². The van der Waals surface area contributed by atoms with Crippen LogP contribution in [0.1, 0.15) is 20.8 Å². The summed E-state index contributed by atoms with van der Waals surface area (Å²) in [6.45, 7) is 13.5. The van der Waals surface area contributed by atoms with Crippen molar-refractivity contribution in [2.24, 2.45) is 0 Å². The second kappa shape index (κ2) is 4.39. The lowest BCUT2D eigenvalue weighted by molar-refractivity contribution is 0.805. The molecule has 0 saturated carbocycles. The van der Waals surface area contributed by atoms with Crippen molar-refractivity contribution in [3.05, 3.63) is 0 Å². The van der Waals surface area contributed by atoms with Gasteiger partial charge in [-0.1, -0.05) is 46.3 Å². The van der Waals surface area contributed by atoms with Crippen molar-refractivity contribution in [3.63, 3.8) is 0 Å². The highest BCUT2D eigenvalue weighted by Gasteiger charge is 2.10. The highest BCUT2D eigenvalue weighted by Crippen LogP contribution is 2.21. The molecule has 0 N–H and O–H groups in total. The van der Waals surface area contributed by atoms with Crippen LogP contribution < -0.4 is 0 Å². The van der Waals surface area contributed by atoms with Gasteiger partial charge in [-0.2, -0.15) is 0 Å². The summed E-state index contributed by atoms with van der Waals surface area (Å²) in [6, 6.07) is 0. The van der Waals surface area contributed by atoms with E-state index in [-0.39, 0.29) is 0 Å². The van der Waals surface area contributed by atoms with E-state index in [1.54, 1.807) is 0 Å². The molecular formula is C10H20SSi. The highest BCUT2D eigenvalue weighted by molar-refractivity contribution is 8.00. The van der Waals surface area contributed by atoms with E-state index in [9.17, 15) is 0 Å². The van der Waals surface area contributed by atoms with Gasteiger partial charge in [0.25, 0.3) is 0 Å². The van der Waals surface area contributed by atoms with Crippen LogP contribution in [0.15, 0.2) is 0 Å². The van der Waals surface area contributed by atoms with Gasteiger partial charge in [0.1, 0.15) is 8.07 Å². The summed E-state index contributed by atoms with van der Waals surface area (Å²) in [5, 5.41) is 0. The van der Waals surface area contributed by atoms with Crippen LogP contribution in [-0.4, -0.2) is 18.6 Å². The SMILES string of the molecule is CC(C)(C)SCC#C[Si](C)(C)C. The molecule has 0 bridgehead atoms. The fourth-order valence-corrected chi connectivity index (χ4v) is 1.88. The Kier molecular flexibility index (Phi) is 4.43. The fraction of sp³-hybridized carbons (Fsp3) is 0.800. The average Bonchev–Trinajstić information content (AvgIpc) is 1.76. The third kappa shape index (κ3) is 10.1. The Morgan fingerprint density at radius 2 is 1.67 bits per heavy atom. The third-order valence-electron chi connectivity index (χ3n) is 1.04. The first kappa shape index (κ1) is 12.1. The van der Waals surface area contributed by atoms with Crippen molar-refractivity contribution in [2.45, 2.75) is 45.2 Å². The first-order valence-corrected chi connectivity index (χ1v) is 8.83. The van der Waals surface area contributed by atoms with Gasteiger partial charge in [-0.05, 0) is 0 Å². The van der Waals surface area contributed by atoms with E-state index in [0.717, 1.165) is 5.75 Å². The van der Waals surface area contributed by atoms with Gasteiger partial charge in [0.2, 0.25) is 0 Å². The van der Waals surface area contributed by atoms with E-state index >= 15 is 0 Å². The lowest BCUT2D eigenvalue weighted by Crippen LogP contribution is -2.16. The maximum atomic E-state index is 3.36. The van der Waals surface area contributed by atoms with Crippen molar-refractivity contribution in [2.75, 3.05) is 5.75 Å². The molecule has 0 heterocycles. The summed E-state index contributed by atoms with van der Waals surface area (Å²) in [6.07, 6.45) is 0. The number of thioether (sulfide) groups is 1. The molecule has 0 fully saturated rings. The summed E-state index contributed by atoms with van der Waals surface area (Å²) in [5.41, 5.74) is 3.36. The molecular weight excluding hydrogens is 180 g/mol. The van der Waals surface area contributed by atoms with Crippen LogP contribution in [-0.2, 0) is 0 Å². The van der Waals surface area contributed by atoms with Gasteiger partial charge < -0.3 is 0 Å². The van der Waals surface area contributed by atoms with Gasteiger partial charge in [0, 0.05) is 4.75 Å². The molecule has 0 nitrogen and oxygen atoms in total. The van der Waals surface area contributed by atoms with Crippen LogP contribution in [0.25, 0.3) is 0 Å². The van der Waals surface area contributed by atoms with Crippen LogP contribution in [0.5, 0.6) is 0 Å². The predicted octanol–water partition coefficient (Wildman–Crippen LogP) is 3.40. The van der Waals surface area contributed by atoms with Gasteiger partial charge in [0.05, 0.1) is 5.75 Å². The van der Waals surface area contributed by atoms with Crippen molar-refractivity contribution < 1.29 is 0 Å². The molecule has 0 aromatic heterocycles. The molecule has 0 aliphatic rings. The van der Waals surface area contributed by atoms with Crippen LogP contribution in [0.3, 0.4) is 0 Å². The topological polar surface area (TPSA) is 0 Å². The molecule has 2 heteroatoms. The minimum Gasteiger partial charge on any atom is -0.143 e. The summed E-state index contributed by atoms with van der Waals surface area (Å²) >= 11 is 1.92. The Bertz CT molecular complexity index is 185. The summed E-state index contributed by atoms with van der Waals surface area (Å²) < 4.78 is 0.355. The standard InChI is InChI=1S/C10H20SSi/c1-10(2,3)11-8-7-9-12(4,5)6/h8H2,1-6H3. The minimum atomic E-state index is -1.13. The zero-order valence-electron chi connectivity index (χ0n) is 9.12. The Morgan fingerprint density at radius 1 is 1.17 bits per heavy atom. The van der Waals surface area contributed by atoms with E-state index in [0.29, 0.717) is 4.75 Å². The third-order valence-corrected chi connectivity index (χ3v) is 3.12. The van der Waals surface area contributed by atoms with Crippen LogP contribution in [0, 0.1) is 11.5 Å². The fourth-order valence-electron chi connectivity index (χ4n) is 0.554. The largest absolute Gasteiger partial charge is 0.143 e. The Balaban J connectivity index is 3.75. The quantitative estimate of drug-likeness (QED) is 0.462. The van der Waals surface area contributed by atoms with E-state index in [1.807, 2.05) is 11.8 Å². The summed E-state index contributed by atoms with van der Waals surface area (Å²) in [7, 11) is -1.13. The van der Waals surface area contributed by atoms with Crippen molar-refractivity contribution in [3.8, 4) is 11.5 Å². The summed E-state index contributed by atoms with van der Waals surface area (Å²) in [5.74, 6) is 4.24. The van der Waals surface area contributed by atoms with Gasteiger partial charge in [0.15, 0.2) is 0 Å². The first-order chi connectivity index (χ1) is 5.21. The summed E-state index contributed by atoms with van der Waals surface area (Å²) in [4.78, 5) is 0. The second-order valence-electron chi connectivity index (χ2n) is 4.95. The number of hydrogen-bond donors (Lipinski definition) is 0. The van der Waals surface area contributed by atoms with Gasteiger partial charge in [-0.15, -0.1) is 17.3 Å². The molecule has 0 saturated heterocycles. The molecule has 0 unspecified atom stereocenters.